The predicted octanol–water partition coefficient (Wildman–Crippen LogP) is 3.55. The van der Waals surface area contributed by atoms with Gasteiger partial charge in [0.05, 0.1) is 12.1 Å². The van der Waals surface area contributed by atoms with Crippen molar-refractivity contribution in [3.63, 3.8) is 0 Å². The van der Waals surface area contributed by atoms with E-state index in [1.807, 2.05) is 7.05 Å². The molecule has 4 bridgehead atoms. The van der Waals surface area contributed by atoms with Crippen LogP contribution in [0.5, 0.6) is 0 Å². The second-order valence-electron chi connectivity index (χ2n) is 13.0. The lowest BCUT2D eigenvalue weighted by Gasteiger charge is -2.54. The van der Waals surface area contributed by atoms with E-state index < -0.39 is 0 Å². The summed E-state index contributed by atoms with van der Waals surface area (Å²) in [6, 6.07) is 0.786. The molecule has 2 amide bonds. The van der Waals surface area contributed by atoms with Crippen LogP contribution < -0.4 is 10.6 Å². The maximum atomic E-state index is 12.5. The summed E-state index contributed by atoms with van der Waals surface area (Å²) in [4.78, 5) is 29.0. The molecule has 0 unspecified atom stereocenters. The van der Waals surface area contributed by atoms with Crippen molar-refractivity contribution in [2.45, 2.75) is 114 Å². The third kappa shape index (κ3) is 5.18. The number of nitrogens with zero attached hydrogens (tertiary/aromatic N) is 2. The van der Waals surface area contributed by atoms with Gasteiger partial charge in [-0.05, 0) is 128 Å². The quantitative estimate of drug-likeness (QED) is 0.657. The Bertz CT molecular complexity index is 721. The Morgan fingerprint density at radius 3 is 1.71 bits per heavy atom. The van der Waals surface area contributed by atoms with Crippen LogP contribution in [0.2, 0.25) is 0 Å². The molecule has 0 aromatic heterocycles. The molecule has 0 aromatic rings. The molecule has 5 aliphatic carbocycles. The fourth-order valence-corrected chi connectivity index (χ4v) is 8.57. The number of hydrogen-bond acceptors (Lipinski definition) is 4. The molecular weight excluding hydrogens is 424 g/mol. The molecule has 6 nitrogen and oxygen atoms in total. The minimum atomic E-state index is 0.0838. The number of nitrogens with one attached hydrogen (secondary N) is 2. The zero-order valence-corrected chi connectivity index (χ0v) is 21.9. The molecule has 2 aliphatic heterocycles. The summed E-state index contributed by atoms with van der Waals surface area (Å²) in [5.41, 5.74) is 0.0838. The average molecular weight is 473 g/mol. The van der Waals surface area contributed by atoms with Crippen molar-refractivity contribution in [3.8, 4) is 0 Å². The minimum Gasteiger partial charge on any atom is -0.351 e. The van der Waals surface area contributed by atoms with Crippen molar-refractivity contribution in [1.82, 2.24) is 20.4 Å². The first kappa shape index (κ1) is 24.5. The number of hydrogen-bond donors (Lipinski definition) is 2. The molecule has 2 N–H and O–H groups in total. The summed E-state index contributed by atoms with van der Waals surface area (Å²) in [5.74, 6) is 4.14. The Balaban J connectivity index is 0.000000146. The summed E-state index contributed by atoms with van der Waals surface area (Å²) < 4.78 is 0. The van der Waals surface area contributed by atoms with Gasteiger partial charge in [-0.2, -0.15) is 0 Å². The standard InChI is InChI=1S/C16H26N2O.C12H22N2O/c1-18-4-2-3-14(18)16(19)17-15-12-6-10-5-11(8-12)9-13(15)7-10;1-12(7-3-4-8-12)13-11(15)10-6-5-9-14(10)2/h10-15H,2-9H2,1H3,(H,17,19);10H,3-9H2,1-2H3,(H,13,15)/t10?,11?,12?,13?,14-,15?;10-/m00/s1. The van der Waals surface area contributed by atoms with Crippen LogP contribution in [0.25, 0.3) is 0 Å². The zero-order chi connectivity index (χ0) is 23.9. The molecule has 2 saturated heterocycles. The molecule has 0 radical (unpaired) electrons. The van der Waals surface area contributed by atoms with Gasteiger partial charge in [-0.3, -0.25) is 19.4 Å². The number of likely N-dealkylation sites (tertiary alicyclic amines) is 2. The van der Waals surface area contributed by atoms with Crippen molar-refractivity contribution in [3.05, 3.63) is 0 Å². The first-order chi connectivity index (χ1) is 16.3. The van der Waals surface area contributed by atoms with Crippen molar-refractivity contribution >= 4 is 11.8 Å². The Kier molecular flexibility index (Phi) is 7.28. The van der Waals surface area contributed by atoms with Crippen LogP contribution in [-0.2, 0) is 9.59 Å². The van der Waals surface area contributed by atoms with Crippen molar-refractivity contribution in [2.75, 3.05) is 27.2 Å². The highest BCUT2D eigenvalue weighted by molar-refractivity contribution is 5.83. The molecule has 2 heterocycles. The summed E-state index contributed by atoms with van der Waals surface area (Å²) in [6.07, 6.45) is 16.3. The predicted molar refractivity (Wildman–Crippen MR) is 135 cm³/mol. The Morgan fingerprint density at radius 1 is 0.735 bits per heavy atom. The molecule has 34 heavy (non-hydrogen) atoms. The Labute approximate surface area is 207 Å². The van der Waals surface area contributed by atoms with Crippen LogP contribution in [0.1, 0.15) is 90.4 Å². The van der Waals surface area contributed by atoms with Crippen LogP contribution in [0.4, 0.5) is 0 Å². The second kappa shape index (κ2) is 10.1. The molecular formula is C28H48N4O2. The smallest absolute Gasteiger partial charge is 0.237 e. The summed E-state index contributed by atoms with van der Waals surface area (Å²) in [6.45, 7) is 4.33. The van der Waals surface area contributed by atoms with E-state index in [1.165, 1.54) is 51.4 Å². The zero-order valence-electron chi connectivity index (χ0n) is 21.9. The van der Waals surface area contributed by atoms with Crippen molar-refractivity contribution in [2.24, 2.45) is 23.7 Å². The van der Waals surface area contributed by atoms with Gasteiger partial charge >= 0.3 is 0 Å². The maximum absolute atomic E-state index is 12.5. The third-order valence-electron chi connectivity index (χ3n) is 10.3. The molecule has 2 atom stereocenters. The first-order valence-corrected chi connectivity index (χ1v) is 14.3. The van der Waals surface area contributed by atoms with Gasteiger partial charge in [0, 0.05) is 11.6 Å². The van der Waals surface area contributed by atoms with Crippen molar-refractivity contribution in [1.29, 1.82) is 0 Å². The Morgan fingerprint density at radius 2 is 1.24 bits per heavy atom. The lowest BCUT2D eigenvalue weighted by molar-refractivity contribution is -0.129. The largest absolute Gasteiger partial charge is 0.351 e. The summed E-state index contributed by atoms with van der Waals surface area (Å²) in [7, 11) is 4.14. The van der Waals surface area contributed by atoms with Crippen molar-refractivity contribution < 1.29 is 9.59 Å². The molecule has 6 heteroatoms. The Hall–Kier alpha value is -1.14. The lowest BCUT2D eigenvalue weighted by atomic mass is 9.54. The number of rotatable bonds is 4. The van der Waals surface area contributed by atoms with Crippen LogP contribution in [0.3, 0.4) is 0 Å². The molecule has 5 saturated carbocycles. The second-order valence-corrected chi connectivity index (χ2v) is 13.0. The van der Waals surface area contributed by atoms with Gasteiger partial charge in [-0.15, -0.1) is 0 Å². The molecule has 7 aliphatic rings. The molecule has 7 rings (SSSR count). The highest BCUT2D eigenvalue weighted by Gasteiger charge is 2.49. The molecule has 0 aromatic carbocycles. The first-order valence-electron chi connectivity index (χ1n) is 14.3. The lowest BCUT2D eigenvalue weighted by Crippen LogP contribution is -2.58. The van der Waals surface area contributed by atoms with E-state index in [9.17, 15) is 9.59 Å². The normalized spacial score (nSPS) is 40.7. The average Bonchev–Trinajstić information content (AvgIpc) is 3.52. The van der Waals surface area contributed by atoms with Crippen LogP contribution >= 0.6 is 0 Å². The fourth-order valence-electron chi connectivity index (χ4n) is 8.57. The molecule has 7 fully saturated rings. The van der Waals surface area contributed by atoms with Gasteiger partial charge in [0.2, 0.25) is 11.8 Å². The van der Waals surface area contributed by atoms with Crippen LogP contribution in [0, 0.1) is 23.7 Å². The minimum absolute atomic E-state index is 0.0838. The number of carbonyl (C=O) groups is 2. The van der Waals surface area contributed by atoms with E-state index in [0.717, 1.165) is 68.9 Å². The van der Waals surface area contributed by atoms with E-state index in [0.29, 0.717) is 11.9 Å². The summed E-state index contributed by atoms with van der Waals surface area (Å²) in [5, 5.41) is 6.70. The number of carbonyl (C=O) groups excluding carboxylic acids is 2. The van der Waals surface area contributed by atoms with Gasteiger partial charge in [0.25, 0.3) is 0 Å². The van der Waals surface area contributed by atoms with E-state index in [1.54, 1.807) is 0 Å². The molecule has 0 spiro atoms. The molecule has 192 valence electrons. The van der Waals surface area contributed by atoms with Crippen LogP contribution in [-0.4, -0.2) is 72.5 Å². The third-order valence-corrected chi connectivity index (χ3v) is 10.3. The summed E-state index contributed by atoms with van der Waals surface area (Å²) >= 11 is 0. The number of amides is 2. The highest BCUT2D eigenvalue weighted by Crippen LogP contribution is 2.53. The van der Waals surface area contributed by atoms with Gasteiger partial charge in [0.1, 0.15) is 0 Å². The highest BCUT2D eigenvalue weighted by atomic mass is 16.2. The van der Waals surface area contributed by atoms with E-state index in [4.69, 9.17) is 0 Å². The topological polar surface area (TPSA) is 64.7 Å². The van der Waals surface area contributed by atoms with E-state index in [2.05, 4.69) is 34.4 Å². The van der Waals surface area contributed by atoms with Gasteiger partial charge in [-0.25, -0.2) is 0 Å². The monoisotopic (exact) mass is 472 g/mol. The fraction of sp³-hybridized carbons (Fsp3) is 0.929. The van der Waals surface area contributed by atoms with Crippen LogP contribution in [0.15, 0.2) is 0 Å². The van der Waals surface area contributed by atoms with E-state index >= 15 is 0 Å². The maximum Gasteiger partial charge on any atom is 0.237 e. The van der Waals surface area contributed by atoms with Gasteiger partial charge in [-0.1, -0.05) is 12.8 Å². The number of likely N-dealkylation sites (N-methyl/N-ethyl adjacent to an activating group) is 2. The van der Waals surface area contributed by atoms with E-state index in [-0.39, 0.29) is 23.5 Å². The van der Waals surface area contributed by atoms with Gasteiger partial charge < -0.3 is 10.6 Å². The van der Waals surface area contributed by atoms with Gasteiger partial charge in [0.15, 0.2) is 0 Å². The SMILES string of the molecule is CN1CCC[C@H]1C(=O)NC1(C)CCCC1.CN1CCC[C@H]1C(=O)NC1C2CC3CC(C2)CC1C3.